The first kappa shape index (κ1) is 14.5. The summed E-state index contributed by atoms with van der Waals surface area (Å²) in [6, 6.07) is 22.1. The van der Waals surface area contributed by atoms with Crippen LogP contribution in [-0.2, 0) is 4.74 Å². The normalized spacial score (nSPS) is 11.0. The number of rotatable bonds is 3. The lowest BCUT2D eigenvalue weighted by atomic mass is 10.1. The first-order chi connectivity index (χ1) is 11.8. The fourth-order valence-electron chi connectivity index (χ4n) is 3.19. The molecule has 2 aliphatic rings. The maximum atomic E-state index is 12.5. The maximum Gasteiger partial charge on any atom is 0.340 e. The molecule has 1 aromatic heterocycles. The molecule has 2 aliphatic carbocycles. The highest BCUT2D eigenvalue weighted by molar-refractivity contribution is 6.17. The third-order valence-electron chi connectivity index (χ3n) is 4.23. The van der Waals surface area contributed by atoms with Gasteiger partial charge in [-0.25, -0.2) is 4.79 Å². The number of aromatic amines is 1. The number of H-pyrrole nitrogens is 1. The van der Waals surface area contributed by atoms with E-state index in [0.29, 0.717) is 12.2 Å². The molecule has 24 heavy (non-hydrogen) atoms. The smallest absolute Gasteiger partial charge is 0.340 e. The van der Waals surface area contributed by atoms with Gasteiger partial charge in [-0.2, -0.15) is 0 Å². The van der Waals surface area contributed by atoms with Gasteiger partial charge in [-0.3, -0.25) is 0 Å². The van der Waals surface area contributed by atoms with Crippen molar-refractivity contribution in [2.24, 2.45) is 0 Å². The van der Waals surface area contributed by atoms with E-state index in [0.717, 1.165) is 33.3 Å². The van der Waals surface area contributed by atoms with Crippen molar-refractivity contribution in [3.63, 3.8) is 0 Å². The number of benzene rings is 1. The van der Waals surface area contributed by atoms with Crippen LogP contribution in [0.15, 0.2) is 66.7 Å². The average molecular weight is 315 g/mol. The molecule has 0 bridgehead atoms. The monoisotopic (exact) mass is 315 g/mol. The second kappa shape index (κ2) is 5.85. The van der Waals surface area contributed by atoms with Crippen molar-refractivity contribution in [1.82, 2.24) is 4.98 Å². The van der Waals surface area contributed by atoms with E-state index in [2.05, 4.69) is 23.2 Å². The highest BCUT2D eigenvalue weighted by Gasteiger charge is 2.25. The Balaban J connectivity index is 2.01. The average Bonchev–Trinajstić information content (AvgIpc) is 3.04. The van der Waals surface area contributed by atoms with Gasteiger partial charge in [-0.05, 0) is 29.7 Å². The molecule has 0 spiro atoms. The number of carbonyl (C=O) groups is 1. The van der Waals surface area contributed by atoms with Gasteiger partial charge in [-0.1, -0.05) is 60.7 Å². The second-order valence-electron chi connectivity index (χ2n) is 5.67. The Morgan fingerprint density at radius 3 is 2.33 bits per heavy atom. The number of nitrogens with one attached hydrogen (secondary N) is 1. The second-order valence-corrected chi connectivity index (χ2v) is 5.67. The summed E-state index contributed by atoms with van der Waals surface area (Å²) in [4.78, 5) is 16.0. The van der Waals surface area contributed by atoms with E-state index >= 15 is 0 Å². The minimum atomic E-state index is -0.287. The molecule has 118 valence electrons. The van der Waals surface area contributed by atoms with E-state index in [1.54, 1.807) is 0 Å². The van der Waals surface area contributed by atoms with Crippen molar-refractivity contribution >= 4 is 16.9 Å². The van der Waals surface area contributed by atoms with Crippen molar-refractivity contribution in [2.45, 2.75) is 6.92 Å². The Bertz CT molecular complexity index is 985. The Kier molecular flexibility index (Phi) is 3.54. The number of fused-ring (bicyclic) bond motifs is 3. The summed E-state index contributed by atoms with van der Waals surface area (Å²) in [6.45, 7) is 2.18. The largest absolute Gasteiger partial charge is 0.462 e. The van der Waals surface area contributed by atoms with Crippen molar-refractivity contribution < 1.29 is 9.53 Å². The molecular formula is C21H17NO2. The summed E-state index contributed by atoms with van der Waals surface area (Å²) < 4.78 is 5.29. The molecule has 0 saturated heterocycles. The van der Waals surface area contributed by atoms with Crippen LogP contribution in [0.3, 0.4) is 0 Å². The van der Waals surface area contributed by atoms with Crippen LogP contribution >= 0.6 is 0 Å². The van der Waals surface area contributed by atoms with Crippen molar-refractivity contribution in [1.29, 1.82) is 0 Å². The van der Waals surface area contributed by atoms with Gasteiger partial charge in [-0.15, -0.1) is 0 Å². The molecule has 1 heterocycles. The quantitative estimate of drug-likeness (QED) is 0.533. The van der Waals surface area contributed by atoms with Gasteiger partial charge in [0.05, 0.1) is 17.7 Å². The van der Waals surface area contributed by atoms with Gasteiger partial charge in [0.1, 0.15) is 0 Å². The molecule has 4 rings (SSSR count). The molecule has 0 atom stereocenters. The van der Waals surface area contributed by atoms with Crippen LogP contribution in [-0.4, -0.2) is 17.6 Å². The number of aromatic nitrogens is 1. The summed E-state index contributed by atoms with van der Waals surface area (Å²) >= 11 is 0. The zero-order valence-electron chi connectivity index (χ0n) is 13.4. The zero-order chi connectivity index (χ0) is 16.5. The molecule has 3 heteroatoms. The SMILES string of the molecule is CCOC(=O)c1c2cccccc-2c2cc(-c3ccccc3)[nH]c12. The van der Waals surface area contributed by atoms with Crippen LogP contribution in [0.1, 0.15) is 17.3 Å². The highest BCUT2D eigenvalue weighted by atomic mass is 16.5. The van der Waals surface area contributed by atoms with E-state index in [-0.39, 0.29) is 5.97 Å². The number of carbonyl (C=O) groups excluding carboxylic acids is 1. The molecule has 0 fully saturated rings. The Morgan fingerprint density at radius 2 is 1.62 bits per heavy atom. The molecule has 0 unspecified atom stereocenters. The lowest BCUT2D eigenvalue weighted by Gasteiger charge is -2.03. The fraction of sp³-hybridized carbons (Fsp3) is 0.0952. The third-order valence-corrected chi connectivity index (χ3v) is 4.23. The van der Waals surface area contributed by atoms with Crippen LogP contribution in [0.4, 0.5) is 0 Å². The molecular weight excluding hydrogens is 298 g/mol. The van der Waals surface area contributed by atoms with Crippen LogP contribution in [0, 0.1) is 0 Å². The number of ether oxygens (including phenoxy) is 1. The van der Waals surface area contributed by atoms with Gasteiger partial charge in [0.25, 0.3) is 0 Å². The molecule has 0 saturated carbocycles. The first-order valence-electron chi connectivity index (χ1n) is 8.05. The molecule has 1 aromatic carbocycles. The van der Waals surface area contributed by atoms with Gasteiger partial charge < -0.3 is 9.72 Å². The minimum Gasteiger partial charge on any atom is -0.462 e. The summed E-state index contributed by atoms with van der Waals surface area (Å²) in [7, 11) is 0. The maximum absolute atomic E-state index is 12.5. The fourth-order valence-corrected chi connectivity index (χ4v) is 3.19. The van der Waals surface area contributed by atoms with E-state index < -0.39 is 0 Å². The lowest BCUT2D eigenvalue weighted by molar-refractivity contribution is 0.0529. The van der Waals surface area contributed by atoms with E-state index in [1.165, 1.54) is 0 Å². The molecule has 3 nitrogen and oxygen atoms in total. The molecule has 1 N–H and O–H groups in total. The van der Waals surface area contributed by atoms with Gasteiger partial charge in [0.2, 0.25) is 0 Å². The summed E-state index contributed by atoms with van der Waals surface area (Å²) in [5.74, 6) is -0.287. The van der Waals surface area contributed by atoms with Gasteiger partial charge in [0, 0.05) is 11.1 Å². The van der Waals surface area contributed by atoms with Gasteiger partial charge in [0.15, 0.2) is 0 Å². The van der Waals surface area contributed by atoms with Crippen molar-refractivity contribution in [3.8, 4) is 22.4 Å². The number of hydrogen-bond donors (Lipinski definition) is 1. The van der Waals surface area contributed by atoms with E-state index in [9.17, 15) is 4.79 Å². The first-order valence-corrected chi connectivity index (χ1v) is 8.05. The van der Waals surface area contributed by atoms with E-state index in [4.69, 9.17) is 4.74 Å². The number of esters is 1. The predicted molar refractivity (Wildman–Crippen MR) is 96.3 cm³/mol. The minimum absolute atomic E-state index is 0.287. The van der Waals surface area contributed by atoms with Crippen LogP contribution in [0.25, 0.3) is 33.3 Å². The van der Waals surface area contributed by atoms with Crippen LogP contribution in [0.2, 0.25) is 0 Å². The molecule has 2 aromatic rings. The Hall–Kier alpha value is -3.07. The van der Waals surface area contributed by atoms with Crippen LogP contribution < -0.4 is 0 Å². The number of hydrogen-bond acceptors (Lipinski definition) is 2. The summed E-state index contributed by atoms with van der Waals surface area (Å²) in [6.07, 6.45) is 0. The highest BCUT2D eigenvalue weighted by Crippen LogP contribution is 2.40. The Morgan fingerprint density at radius 1 is 0.958 bits per heavy atom. The summed E-state index contributed by atoms with van der Waals surface area (Å²) in [5.41, 5.74) is 5.51. The van der Waals surface area contributed by atoms with Crippen molar-refractivity contribution in [3.05, 3.63) is 72.3 Å². The van der Waals surface area contributed by atoms with E-state index in [1.807, 2.05) is 55.5 Å². The standard InChI is InChI=1S/C21H17NO2/c1-2-24-21(23)19-16-12-8-4-7-11-15(16)17-13-18(22-20(17)19)14-9-5-3-6-10-14/h3-13,22H,2H2,1H3. The topological polar surface area (TPSA) is 42.1 Å². The molecule has 0 aliphatic heterocycles. The Labute approximate surface area is 140 Å². The summed E-state index contributed by atoms with van der Waals surface area (Å²) in [5, 5.41) is 1.04. The van der Waals surface area contributed by atoms with Gasteiger partial charge >= 0.3 is 5.97 Å². The lowest BCUT2D eigenvalue weighted by Crippen LogP contribution is -2.05. The molecule has 0 radical (unpaired) electrons. The van der Waals surface area contributed by atoms with Crippen molar-refractivity contribution in [2.75, 3.05) is 6.61 Å². The zero-order valence-corrected chi connectivity index (χ0v) is 13.4. The third kappa shape index (κ3) is 2.26. The van der Waals surface area contributed by atoms with Crippen LogP contribution in [0.5, 0.6) is 0 Å². The molecule has 0 amide bonds. The predicted octanol–water partition coefficient (Wildman–Crippen LogP) is 5.12.